The van der Waals surface area contributed by atoms with Crippen LogP contribution >= 0.6 is 11.6 Å². The summed E-state index contributed by atoms with van der Waals surface area (Å²) in [5, 5.41) is 3.85. The Labute approximate surface area is 122 Å². The Bertz CT molecular complexity index is 592. The van der Waals surface area contributed by atoms with Gasteiger partial charge in [0, 0.05) is 12.4 Å². The maximum atomic E-state index is 13.9. The lowest BCUT2D eigenvalue weighted by atomic mass is 9.99. The molecule has 2 rings (SSSR count). The predicted octanol–water partition coefficient (Wildman–Crippen LogP) is 3.58. The maximum absolute atomic E-state index is 13.9. The van der Waals surface area contributed by atoms with Crippen LogP contribution in [0.4, 0.5) is 4.39 Å². The largest absolute Gasteiger partial charge is 0.494 e. The SMILES string of the molecule is CCNC(c1ccc(OC)c(F)c1)c1ccncc1Cl. The van der Waals surface area contributed by atoms with Gasteiger partial charge in [-0.25, -0.2) is 4.39 Å². The standard InChI is InChI=1S/C15H16ClFN2O/c1-3-19-15(11-6-7-18-9-12(11)16)10-4-5-14(20-2)13(17)8-10/h4-9,15,19H,3H2,1-2H3. The van der Waals surface area contributed by atoms with E-state index in [0.717, 1.165) is 17.7 Å². The van der Waals surface area contributed by atoms with Crippen LogP contribution in [0, 0.1) is 5.82 Å². The third-order valence-electron chi connectivity index (χ3n) is 3.03. The Morgan fingerprint density at radius 2 is 2.20 bits per heavy atom. The second-order valence-corrected chi connectivity index (χ2v) is 4.69. The van der Waals surface area contributed by atoms with Crippen molar-refractivity contribution in [2.75, 3.05) is 13.7 Å². The van der Waals surface area contributed by atoms with Crippen molar-refractivity contribution in [3.63, 3.8) is 0 Å². The van der Waals surface area contributed by atoms with E-state index < -0.39 is 5.82 Å². The van der Waals surface area contributed by atoms with Crippen LogP contribution in [0.5, 0.6) is 5.75 Å². The summed E-state index contributed by atoms with van der Waals surface area (Å²) in [5.74, 6) is -0.164. The number of benzene rings is 1. The zero-order chi connectivity index (χ0) is 14.5. The lowest BCUT2D eigenvalue weighted by Gasteiger charge is -2.20. The first-order valence-electron chi connectivity index (χ1n) is 6.33. The number of halogens is 2. The molecule has 1 aromatic carbocycles. The molecule has 0 aliphatic rings. The average Bonchev–Trinajstić information content (AvgIpc) is 2.46. The van der Waals surface area contributed by atoms with E-state index in [-0.39, 0.29) is 11.8 Å². The third-order valence-corrected chi connectivity index (χ3v) is 3.35. The summed E-state index contributed by atoms with van der Waals surface area (Å²) in [6.07, 6.45) is 3.26. The van der Waals surface area contributed by atoms with Gasteiger partial charge in [0.2, 0.25) is 0 Å². The van der Waals surface area contributed by atoms with E-state index in [0.29, 0.717) is 5.02 Å². The van der Waals surface area contributed by atoms with E-state index in [2.05, 4.69) is 10.3 Å². The molecular formula is C15H16ClFN2O. The van der Waals surface area contributed by atoms with Gasteiger partial charge in [-0.1, -0.05) is 24.6 Å². The van der Waals surface area contributed by atoms with Gasteiger partial charge in [0.05, 0.1) is 18.2 Å². The molecule has 0 radical (unpaired) electrons. The van der Waals surface area contributed by atoms with Gasteiger partial charge in [-0.2, -0.15) is 0 Å². The Morgan fingerprint density at radius 1 is 1.40 bits per heavy atom. The first kappa shape index (κ1) is 14.8. The third kappa shape index (κ3) is 3.08. The van der Waals surface area contributed by atoms with Gasteiger partial charge >= 0.3 is 0 Å². The highest BCUT2D eigenvalue weighted by molar-refractivity contribution is 6.31. The molecule has 2 aromatic rings. The molecule has 1 heterocycles. The highest BCUT2D eigenvalue weighted by Crippen LogP contribution is 2.29. The molecule has 0 saturated carbocycles. The molecule has 1 atom stereocenters. The first-order chi connectivity index (χ1) is 9.67. The molecule has 0 bridgehead atoms. The van der Waals surface area contributed by atoms with Crippen LogP contribution < -0.4 is 10.1 Å². The number of hydrogen-bond donors (Lipinski definition) is 1. The fourth-order valence-corrected chi connectivity index (χ4v) is 2.32. The summed E-state index contributed by atoms with van der Waals surface area (Å²) in [7, 11) is 1.44. The Morgan fingerprint density at radius 3 is 2.80 bits per heavy atom. The summed E-state index contributed by atoms with van der Waals surface area (Å²) < 4.78 is 18.8. The molecule has 0 amide bonds. The van der Waals surface area contributed by atoms with Crippen molar-refractivity contribution >= 4 is 11.6 Å². The van der Waals surface area contributed by atoms with Crippen LogP contribution in [-0.2, 0) is 0 Å². The molecule has 0 saturated heterocycles. The van der Waals surface area contributed by atoms with Gasteiger partial charge < -0.3 is 10.1 Å². The molecule has 0 fully saturated rings. The highest BCUT2D eigenvalue weighted by atomic mass is 35.5. The molecule has 5 heteroatoms. The van der Waals surface area contributed by atoms with Crippen molar-refractivity contribution < 1.29 is 9.13 Å². The second-order valence-electron chi connectivity index (χ2n) is 4.28. The molecule has 0 spiro atoms. The van der Waals surface area contributed by atoms with E-state index >= 15 is 0 Å². The number of ether oxygens (including phenoxy) is 1. The van der Waals surface area contributed by atoms with Crippen molar-refractivity contribution in [3.05, 3.63) is 58.6 Å². The lowest BCUT2D eigenvalue weighted by molar-refractivity contribution is 0.385. The topological polar surface area (TPSA) is 34.1 Å². The molecular weight excluding hydrogens is 279 g/mol. The maximum Gasteiger partial charge on any atom is 0.165 e. The van der Waals surface area contributed by atoms with E-state index in [1.165, 1.54) is 13.2 Å². The minimum absolute atomic E-state index is 0.184. The fraction of sp³-hybridized carbons (Fsp3) is 0.267. The normalized spacial score (nSPS) is 12.2. The van der Waals surface area contributed by atoms with Crippen molar-refractivity contribution in [3.8, 4) is 5.75 Å². The number of aromatic nitrogens is 1. The molecule has 106 valence electrons. The first-order valence-corrected chi connectivity index (χ1v) is 6.71. The van der Waals surface area contributed by atoms with Crippen LogP contribution in [0.2, 0.25) is 5.02 Å². The number of pyridine rings is 1. The molecule has 0 aliphatic carbocycles. The molecule has 20 heavy (non-hydrogen) atoms. The number of rotatable bonds is 5. The molecule has 0 aliphatic heterocycles. The van der Waals surface area contributed by atoms with Crippen molar-refractivity contribution in [1.82, 2.24) is 10.3 Å². The number of methoxy groups -OCH3 is 1. The number of hydrogen-bond acceptors (Lipinski definition) is 3. The second kappa shape index (κ2) is 6.68. The van der Waals surface area contributed by atoms with E-state index in [1.54, 1.807) is 18.5 Å². The number of nitrogens with one attached hydrogen (secondary N) is 1. The number of nitrogens with zero attached hydrogens (tertiary/aromatic N) is 1. The van der Waals surface area contributed by atoms with Gasteiger partial charge in [0.15, 0.2) is 11.6 Å². The Kier molecular flexibility index (Phi) is 4.93. The monoisotopic (exact) mass is 294 g/mol. The van der Waals surface area contributed by atoms with Crippen LogP contribution in [0.15, 0.2) is 36.7 Å². The Balaban J connectivity index is 2.43. The summed E-state index contributed by atoms with van der Waals surface area (Å²) in [4.78, 5) is 3.97. The summed E-state index contributed by atoms with van der Waals surface area (Å²) in [6.45, 7) is 2.72. The van der Waals surface area contributed by atoms with Crippen molar-refractivity contribution in [2.45, 2.75) is 13.0 Å². The average molecular weight is 295 g/mol. The quantitative estimate of drug-likeness (QED) is 0.915. The predicted molar refractivity (Wildman–Crippen MR) is 77.7 cm³/mol. The lowest BCUT2D eigenvalue weighted by Crippen LogP contribution is -2.22. The van der Waals surface area contributed by atoms with Crippen LogP contribution in [0.1, 0.15) is 24.1 Å². The van der Waals surface area contributed by atoms with E-state index in [4.69, 9.17) is 16.3 Å². The minimum Gasteiger partial charge on any atom is -0.494 e. The Hall–Kier alpha value is -1.65. The zero-order valence-electron chi connectivity index (χ0n) is 11.4. The van der Waals surface area contributed by atoms with Gasteiger partial charge in [0.25, 0.3) is 0 Å². The summed E-state index contributed by atoms with van der Waals surface area (Å²) in [6, 6.07) is 6.55. The molecule has 3 nitrogen and oxygen atoms in total. The molecule has 1 unspecified atom stereocenters. The van der Waals surface area contributed by atoms with Gasteiger partial charge in [-0.15, -0.1) is 0 Å². The van der Waals surface area contributed by atoms with E-state index in [9.17, 15) is 4.39 Å². The van der Waals surface area contributed by atoms with Crippen molar-refractivity contribution in [2.24, 2.45) is 0 Å². The molecule has 1 N–H and O–H groups in total. The van der Waals surface area contributed by atoms with Gasteiger partial charge in [-0.05, 0) is 35.9 Å². The van der Waals surface area contributed by atoms with Crippen LogP contribution in [-0.4, -0.2) is 18.6 Å². The highest BCUT2D eigenvalue weighted by Gasteiger charge is 2.17. The minimum atomic E-state index is -0.391. The van der Waals surface area contributed by atoms with Gasteiger partial charge in [0.1, 0.15) is 0 Å². The van der Waals surface area contributed by atoms with Gasteiger partial charge in [-0.3, -0.25) is 4.98 Å². The van der Waals surface area contributed by atoms with Crippen LogP contribution in [0.25, 0.3) is 0 Å². The van der Waals surface area contributed by atoms with E-state index in [1.807, 2.05) is 19.1 Å². The summed E-state index contributed by atoms with van der Waals surface area (Å²) in [5.41, 5.74) is 1.66. The zero-order valence-corrected chi connectivity index (χ0v) is 12.1. The van der Waals surface area contributed by atoms with Crippen LogP contribution in [0.3, 0.4) is 0 Å². The molecule has 1 aromatic heterocycles. The fourth-order valence-electron chi connectivity index (χ4n) is 2.09. The smallest absolute Gasteiger partial charge is 0.165 e. The van der Waals surface area contributed by atoms with Crippen molar-refractivity contribution in [1.29, 1.82) is 0 Å². The summed E-state index contributed by atoms with van der Waals surface area (Å²) >= 11 is 6.18.